The molecule has 0 aliphatic heterocycles. The lowest BCUT2D eigenvalue weighted by Crippen LogP contribution is -2.08. The highest BCUT2D eigenvalue weighted by molar-refractivity contribution is 7.86. The fraction of sp³-hybridized carbons (Fsp3) is 0.0769. The van der Waals surface area contributed by atoms with Gasteiger partial charge in [-0.1, -0.05) is 60.1 Å². The summed E-state index contributed by atoms with van der Waals surface area (Å²) in [4.78, 5) is 0.0894. The molecule has 94 valence electrons. The quantitative estimate of drug-likeness (QED) is 0.638. The third-order valence-corrected chi connectivity index (χ3v) is 4.05. The van der Waals surface area contributed by atoms with Crippen molar-refractivity contribution in [1.82, 2.24) is 0 Å². The number of alkyl halides is 1. The predicted molar refractivity (Wildman–Crippen MR) is 69.7 cm³/mol. The molecule has 0 radical (unpaired) electrons. The van der Waals surface area contributed by atoms with E-state index in [9.17, 15) is 8.42 Å². The lowest BCUT2D eigenvalue weighted by Gasteiger charge is -2.11. The van der Waals surface area contributed by atoms with Gasteiger partial charge >= 0.3 is 0 Å². The minimum Gasteiger partial charge on any atom is -0.242 e. The summed E-state index contributed by atoms with van der Waals surface area (Å²) in [5.74, 6) is 0. The van der Waals surface area contributed by atoms with Gasteiger partial charge in [-0.15, -0.1) is 0 Å². The molecule has 1 atom stereocenters. The monoisotopic (exact) mass is 282 g/mol. The van der Waals surface area contributed by atoms with Gasteiger partial charge in [0.25, 0.3) is 10.1 Å². The molecule has 18 heavy (non-hydrogen) atoms. The van der Waals surface area contributed by atoms with Gasteiger partial charge in [-0.25, -0.2) is 4.18 Å². The fourth-order valence-electron chi connectivity index (χ4n) is 1.41. The summed E-state index contributed by atoms with van der Waals surface area (Å²) in [5, 5.41) is 0. The molecule has 1 unspecified atom stereocenters. The van der Waals surface area contributed by atoms with Crippen molar-refractivity contribution in [1.29, 1.82) is 0 Å². The molecule has 0 heterocycles. The Morgan fingerprint density at radius 3 is 1.94 bits per heavy atom. The highest BCUT2D eigenvalue weighted by atomic mass is 35.5. The Morgan fingerprint density at radius 2 is 1.39 bits per heavy atom. The first-order chi connectivity index (χ1) is 8.59. The second-order valence-electron chi connectivity index (χ2n) is 3.59. The van der Waals surface area contributed by atoms with Gasteiger partial charge in [0.15, 0.2) is 5.56 Å². The van der Waals surface area contributed by atoms with E-state index < -0.39 is 15.7 Å². The van der Waals surface area contributed by atoms with Crippen LogP contribution in [0.3, 0.4) is 0 Å². The van der Waals surface area contributed by atoms with Crippen LogP contribution in [0.1, 0.15) is 11.1 Å². The van der Waals surface area contributed by atoms with Crippen molar-refractivity contribution in [2.24, 2.45) is 0 Å². The maximum Gasteiger partial charge on any atom is 0.298 e. The van der Waals surface area contributed by atoms with Crippen molar-refractivity contribution in [2.75, 3.05) is 0 Å². The van der Waals surface area contributed by atoms with Gasteiger partial charge in [-0.05, 0) is 17.7 Å². The van der Waals surface area contributed by atoms with Gasteiger partial charge in [0.2, 0.25) is 0 Å². The summed E-state index contributed by atoms with van der Waals surface area (Å²) in [6.45, 7) is 0. The highest BCUT2D eigenvalue weighted by Crippen LogP contribution is 2.26. The van der Waals surface area contributed by atoms with Crippen LogP contribution >= 0.6 is 11.6 Å². The van der Waals surface area contributed by atoms with Crippen LogP contribution < -0.4 is 0 Å². The largest absolute Gasteiger partial charge is 0.298 e. The van der Waals surface area contributed by atoms with Crippen LogP contribution in [0.15, 0.2) is 65.6 Å². The summed E-state index contributed by atoms with van der Waals surface area (Å²) in [6, 6.07) is 16.7. The number of halogens is 1. The Bertz CT molecular complexity index is 597. The van der Waals surface area contributed by atoms with Crippen LogP contribution in [0.4, 0.5) is 0 Å². The van der Waals surface area contributed by atoms with Crippen molar-refractivity contribution < 1.29 is 12.6 Å². The van der Waals surface area contributed by atoms with Crippen LogP contribution in [0.2, 0.25) is 0 Å². The molecular formula is C13H11ClO3S. The van der Waals surface area contributed by atoms with Crippen LogP contribution in [0.25, 0.3) is 0 Å². The Balaban J connectivity index is 2.20. The molecule has 0 saturated carbocycles. The predicted octanol–water partition coefficient (Wildman–Crippen LogP) is 3.33. The standard InChI is InChI=1S/C13H11ClO3S/c14-13(11-7-3-1-4-8-11)17-18(15,16)12-9-5-2-6-10-12/h1-10,13H. The normalized spacial score (nSPS) is 13.2. The molecule has 0 spiro atoms. The molecule has 5 heteroatoms. The minimum atomic E-state index is -3.84. The maximum absolute atomic E-state index is 11.9. The minimum absolute atomic E-state index is 0.0894. The first-order valence-corrected chi connectivity index (χ1v) is 7.11. The lowest BCUT2D eigenvalue weighted by molar-refractivity contribution is 0.292. The molecule has 0 N–H and O–H groups in total. The molecule has 0 aliphatic carbocycles. The molecule has 3 nitrogen and oxygen atoms in total. The first-order valence-electron chi connectivity index (χ1n) is 5.27. The molecule has 2 aromatic rings. The third kappa shape index (κ3) is 3.10. The second kappa shape index (κ2) is 5.52. The molecule has 0 aliphatic rings. The van der Waals surface area contributed by atoms with Gasteiger partial charge in [0.05, 0.1) is 4.90 Å². The number of rotatable bonds is 4. The zero-order chi connectivity index (χ0) is 13.0. The number of benzene rings is 2. The van der Waals surface area contributed by atoms with Gasteiger partial charge in [0, 0.05) is 0 Å². The zero-order valence-electron chi connectivity index (χ0n) is 9.36. The average Bonchev–Trinajstić information content (AvgIpc) is 2.40. The van der Waals surface area contributed by atoms with E-state index in [0.717, 1.165) is 0 Å². The summed E-state index contributed by atoms with van der Waals surface area (Å²) < 4.78 is 28.8. The van der Waals surface area contributed by atoms with Crippen LogP contribution in [-0.4, -0.2) is 8.42 Å². The molecule has 2 aromatic carbocycles. The molecule has 0 aromatic heterocycles. The van der Waals surface area contributed by atoms with Gasteiger partial charge in [0.1, 0.15) is 0 Å². The van der Waals surface area contributed by atoms with E-state index in [1.807, 2.05) is 6.07 Å². The molecule has 2 rings (SSSR count). The van der Waals surface area contributed by atoms with Crippen LogP contribution in [-0.2, 0) is 14.3 Å². The van der Waals surface area contributed by atoms with Crippen LogP contribution in [0, 0.1) is 0 Å². The highest BCUT2D eigenvalue weighted by Gasteiger charge is 2.20. The summed E-state index contributed by atoms with van der Waals surface area (Å²) >= 11 is 5.94. The zero-order valence-corrected chi connectivity index (χ0v) is 10.9. The first kappa shape index (κ1) is 13.1. The van der Waals surface area contributed by atoms with Crippen molar-refractivity contribution >= 4 is 21.7 Å². The molecule has 0 bridgehead atoms. The Hall–Kier alpha value is -1.36. The van der Waals surface area contributed by atoms with E-state index in [-0.39, 0.29) is 4.90 Å². The van der Waals surface area contributed by atoms with Gasteiger partial charge in [-0.2, -0.15) is 8.42 Å². The van der Waals surface area contributed by atoms with Crippen molar-refractivity contribution in [3.63, 3.8) is 0 Å². The molecule has 0 saturated heterocycles. The Kier molecular flexibility index (Phi) is 4.01. The van der Waals surface area contributed by atoms with Gasteiger partial charge < -0.3 is 0 Å². The summed E-state index contributed by atoms with van der Waals surface area (Å²) in [7, 11) is -3.84. The van der Waals surface area contributed by atoms with Crippen molar-refractivity contribution in [3.8, 4) is 0 Å². The van der Waals surface area contributed by atoms with Crippen LogP contribution in [0.5, 0.6) is 0 Å². The van der Waals surface area contributed by atoms with E-state index in [0.29, 0.717) is 5.56 Å². The van der Waals surface area contributed by atoms with E-state index in [2.05, 4.69) is 0 Å². The molecular weight excluding hydrogens is 272 g/mol. The van der Waals surface area contributed by atoms with Crippen molar-refractivity contribution in [3.05, 3.63) is 66.2 Å². The molecule has 0 fully saturated rings. The van der Waals surface area contributed by atoms with E-state index in [1.165, 1.54) is 12.1 Å². The fourth-order valence-corrected chi connectivity index (χ4v) is 2.78. The SMILES string of the molecule is O=S(=O)(OC(Cl)c1ccccc1)c1ccccc1. The Labute approximate surface area is 111 Å². The Morgan fingerprint density at radius 1 is 0.889 bits per heavy atom. The molecule has 0 amide bonds. The second-order valence-corrected chi connectivity index (χ2v) is 5.56. The lowest BCUT2D eigenvalue weighted by atomic mass is 10.2. The van der Waals surface area contributed by atoms with E-state index >= 15 is 0 Å². The average molecular weight is 283 g/mol. The summed E-state index contributed by atoms with van der Waals surface area (Å²) in [5.41, 5.74) is -0.435. The smallest absolute Gasteiger partial charge is 0.242 e. The number of hydrogen-bond donors (Lipinski definition) is 0. The van der Waals surface area contributed by atoms with E-state index in [1.54, 1.807) is 42.5 Å². The maximum atomic E-state index is 11.9. The van der Waals surface area contributed by atoms with Crippen molar-refractivity contribution in [2.45, 2.75) is 10.5 Å². The summed E-state index contributed by atoms with van der Waals surface area (Å²) in [6.07, 6.45) is 0. The number of hydrogen-bond acceptors (Lipinski definition) is 3. The topological polar surface area (TPSA) is 43.4 Å². The third-order valence-electron chi connectivity index (χ3n) is 2.30. The van der Waals surface area contributed by atoms with E-state index in [4.69, 9.17) is 15.8 Å². The van der Waals surface area contributed by atoms with Gasteiger partial charge in [-0.3, -0.25) is 0 Å².